The lowest BCUT2D eigenvalue weighted by Gasteiger charge is -2.30. The number of likely N-dealkylation sites (tertiary alicyclic amines) is 1. The van der Waals surface area contributed by atoms with E-state index in [1.807, 2.05) is 26.0 Å². The van der Waals surface area contributed by atoms with E-state index in [1.165, 1.54) is 0 Å². The Morgan fingerprint density at radius 3 is 2.56 bits per heavy atom. The fraction of sp³-hybridized carbons (Fsp3) is 0.400. The van der Waals surface area contributed by atoms with Crippen molar-refractivity contribution >= 4 is 16.8 Å². The van der Waals surface area contributed by atoms with Crippen LogP contribution in [0, 0.1) is 20.8 Å². The van der Waals surface area contributed by atoms with Gasteiger partial charge < -0.3 is 14.3 Å². The van der Waals surface area contributed by atoms with E-state index in [0.29, 0.717) is 24.9 Å². The highest BCUT2D eigenvalue weighted by molar-refractivity contribution is 5.97. The predicted octanol–water partition coefficient (Wildman–Crippen LogP) is 2.86. The molecule has 0 atom stereocenters. The molecule has 140 valence electrons. The number of piperidine rings is 1. The van der Waals surface area contributed by atoms with Crippen molar-refractivity contribution in [1.29, 1.82) is 0 Å². The molecule has 1 aromatic carbocycles. The average molecular weight is 366 g/mol. The van der Waals surface area contributed by atoms with Crippen LogP contribution in [-0.4, -0.2) is 39.1 Å². The van der Waals surface area contributed by atoms with E-state index < -0.39 is 0 Å². The Kier molecular flexibility index (Phi) is 4.30. The lowest BCUT2D eigenvalue weighted by atomic mass is 9.96. The number of hydrogen-bond acceptors (Lipinski definition) is 5. The van der Waals surface area contributed by atoms with Crippen LogP contribution in [0.5, 0.6) is 0 Å². The van der Waals surface area contributed by atoms with Crippen LogP contribution >= 0.6 is 0 Å². The van der Waals surface area contributed by atoms with Gasteiger partial charge in [-0.2, -0.15) is 0 Å². The lowest BCUT2D eigenvalue weighted by Crippen LogP contribution is -2.40. The molecule has 0 spiro atoms. The van der Waals surface area contributed by atoms with Crippen LogP contribution in [0.15, 0.2) is 27.4 Å². The van der Waals surface area contributed by atoms with Gasteiger partial charge in [0.1, 0.15) is 5.56 Å². The highest BCUT2D eigenvalue weighted by Gasteiger charge is 2.28. The fourth-order valence-electron chi connectivity index (χ4n) is 3.82. The average Bonchev–Trinajstić information content (AvgIpc) is 3.08. The van der Waals surface area contributed by atoms with Crippen LogP contribution in [0.3, 0.4) is 0 Å². The van der Waals surface area contributed by atoms with E-state index in [1.54, 1.807) is 17.9 Å². The van der Waals surface area contributed by atoms with E-state index in [4.69, 9.17) is 4.42 Å². The van der Waals surface area contributed by atoms with Crippen LogP contribution in [0.2, 0.25) is 0 Å². The number of fused-ring (bicyclic) bond motifs is 1. The van der Waals surface area contributed by atoms with Gasteiger partial charge in [0.2, 0.25) is 11.8 Å². The molecular formula is C20H22N4O3. The molecule has 2 aromatic heterocycles. The van der Waals surface area contributed by atoms with Crippen molar-refractivity contribution in [2.24, 2.45) is 0 Å². The van der Waals surface area contributed by atoms with Gasteiger partial charge in [-0.3, -0.25) is 9.59 Å². The number of H-pyrrole nitrogens is 1. The van der Waals surface area contributed by atoms with Gasteiger partial charge in [0, 0.05) is 25.9 Å². The summed E-state index contributed by atoms with van der Waals surface area (Å²) in [6, 6.07) is 5.72. The number of benzene rings is 1. The molecule has 0 saturated carbocycles. The van der Waals surface area contributed by atoms with Crippen molar-refractivity contribution < 1.29 is 9.21 Å². The van der Waals surface area contributed by atoms with Crippen molar-refractivity contribution in [3.63, 3.8) is 0 Å². The normalized spacial score (nSPS) is 15.4. The van der Waals surface area contributed by atoms with E-state index in [9.17, 15) is 9.59 Å². The number of nitrogens with zero attached hydrogens (tertiary/aromatic N) is 3. The summed E-state index contributed by atoms with van der Waals surface area (Å²) in [6.07, 6.45) is 1.49. The Morgan fingerprint density at radius 2 is 1.89 bits per heavy atom. The molecule has 1 fully saturated rings. The minimum Gasteiger partial charge on any atom is -0.425 e. The number of nitrogens with one attached hydrogen (secondary N) is 1. The molecule has 4 rings (SSSR count). The highest BCUT2D eigenvalue weighted by Crippen LogP contribution is 2.27. The van der Waals surface area contributed by atoms with Crippen LogP contribution in [0.4, 0.5) is 0 Å². The quantitative estimate of drug-likeness (QED) is 0.753. The summed E-state index contributed by atoms with van der Waals surface area (Å²) in [7, 11) is 0. The third kappa shape index (κ3) is 3.25. The summed E-state index contributed by atoms with van der Waals surface area (Å²) >= 11 is 0. The number of amides is 1. The lowest BCUT2D eigenvalue weighted by molar-refractivity contribution is 0.0704. The van der Waals surface area contributed by atoms with E-state index in [-0.39, 0.29) is 22.9 Å². The summed E-state index contributed by atoms with van der Waals surface area (Å²) in [4.78, 5) is 30.1. The Balaban J connectivity index is 1.56. The Morgan fingerprint density at radius 1 is 1.15 bits per heavy atom. The topological polar surface area (TPSA) is 92.1 Å². The number of rotatable bonds is 2. The first kappa shape index (κ1) is 17.5. The first-order chi connectivity index (χ1) is 12.9. The van der Waals surface area contributed by atoms with Crippen LogP contribution in [-0.2, 0) is 0 Å². The van der Waals surface area contributed by atoms with Crippen molar-refractivity contribution in [3.8, 4) is 0 Å². The summed E-state index contributed by atoms with van der Waals surface area (Å²) in [6.45, 7) is 6.86. The van der Waals surface area contributed by atoms with Crippen LogP contribution in [0.1, 0.15) is 52.0 Å². The summed E-state index contributed by atoms with van der Waals surface area (Å²) in [5.74, 6) is 1.12. The maximum atomic E-state index is 12.9. The minimum atomic E-state index is -0.339. The van der Waals surface area contributed by atoms with Crippen LogP contribution in [0.25, 0.3) is 10.9 Å². The zero-order chi connectivity index (χ0) is 19.1. The van der Waals surface area contributed by atoms with Crippen molar-refractivity contribution in [2.45, 2.75) is 39.5 Å². The van der Waals surface area contributed by atoms with Gasteiger partial charge in [-0.05, 0) is 49.8 Å². The highest BCUT2D eigenvalue weighted by atomic mass is 16.4. The number of aryl methyl sites for hydroxylation is 3. The molecule has 27 heavy (non-hydrogen) atoms. The molecule has 3 aromatic rings. The van der Waals surface area contributed by atoms with Crippen molar-refractivity contribution in [3.05, 3.63) is 57.0 Å². The standard InChI is InChI=1S/C20H22N4O3/c1-11-8-12(2)17-15(9-11)10-16(18(25)21-17)20(26)24-6-4-14(5-7-24)19-23-22-13(3)27-19/h8-10,14H,4-7H2,1-3H3,(H,21,25). The molecule has 1 aliphatic rings. The number of hydrogen-bond donors (Lipinski definition) is 1. The van der Waals surface area contributed by atoms with Gasteiger partial charge in [0.15, 0.2) is 0 Å². The zero-order valence-electron chi connectivity index (χ0n) is 15.7. The Labute approximate surface area is 156 Å². The van der Waals surface area contributed by atoms with Gasteiger partial charge in [-0.25, -0.2) is 0 Å². The summed E-state index contributed by atoms with van der Waals surface area (Å²) in [5.41, 5.74) is 2.74. The van der Waals surface area contributed by atoms with Crippen molar-refractivity contribution in [2.75, 3.05) is 13.1 Å². The van der Waals surface area contributed by atoms with E-state index in [0.717, 1.165) is 34.9 Å². The summed E-state index contributed by atoms with van der Waals surface area (Å²) < 4.78 is 5.51. The van der Waals surface area contributed by atoms with Gasteiger partial charge in [0.05, 0.1) is 5.52 Å². The smallest absolute Gasteiger partial charge is 0.261 e. The van der Waals surface area contributed by atoms with E-state index in [2.05, 4.69) is 15.2 Å². The zero-order valence-corrected chi connectivity index (χ0v) is 15.7. The number of aromatic nitrogens is 3. The third-order valence-electron chi connectivity index (χ3n) is 5.20. The van der Waals surface area contributed by atoms with Gasteiger partial charge in [0.25, 0.3) is 11.5 Å². The SMILES string of the molecule is Cc1cc(C)c2[nH]c(=O)c(C(=O)N3CCC(c4nnc(C)o4)CC3)cc2c1. The number of carbonyl (C=O) groups excluding carboxylic acids is 1. The largest absolute Gasteiger partial charge is 0.425 e. The molecule has 1 saturated heterocycles. The molecule has 7 heteroatoms. The van der Waals surface area contributed by atoms with E-state index >= 15 is 0 Å². The molecule has 0 bridgehead atoms. The first-order valence-electron chi connectivity index (χ1n) is 9.16. The maximum absolute atomic E-state index is 12.9. The molecule has 7 nitrogen and oxygen atoms in total. The van der Waals surface area contributed by atoms with Crippen molar-refractivity contribution in [1.82, 2.24) is 20.1 Å². The molecule has 1 aliphatic heterocycles. The fourth-order valence-corrected chi connectivity index (χ4v) is 3.82. The Hall–Kier alpha value is -2.96. The molecule has 0 radical (unpaired) electrons. The maximum Gasteiger partial charge on any atom is 0.261 e. The monoisotopic (exact) mass is 366 g/mol. The predicted molar refractivity (Wildman–Crippen MR) is 101 cm³/mol. The summed E-state index contributed by atoms with van der Waals surface area (Å²) in [5, 5.41) is 8.84. The molecule has 0 aliphatic carbocycles. The van der Waals surface area contributed by atoms with Gasteiger partial charge in [-0.15, -0.1) is 10.2 Å². The number of pyridine rings is 1. The second kappa shape index (κ2) is 6.64. The Bertz CT molecular complexity index is 1070. The second-order valence-electron chi connectivity index (χ2n) is 7.28. The van der Waals surface area contributed by atoms with Gasteiger partial charge in [-0.1, -0.05) is 11.6 Å². The van der Waals surface area contributed by atoms with Gasteiger partial charge >= 0.3 is 0 Å². The molecule has 3 heterocycles. The molecule has 1 amide bonds. The first-order valence-corrected chi connectivity index (χ1v) is 9.16. The molecule has 0 unspecified atom stereocenters. The number of aromatic amines is 1. The minimum absolute atomic E-state index is 0.162. The van der Waals surface area contributed by atoms with Crippen LogP contribution < -0.4 is 5.56 Å². The number of carbonyl (C=O) groups is 1. The third-order valence-corrected chi connectivity index (χ3v) is 5.20. The second-order valence-corrected chi connectivity index (χ2v) is 7.28. The molecular weight excluding hydrogens is 344 g/mol. The molecule has 1 N–H and O–H groups in total.